The predicted molar refractivity (Wildman–Crippen MR) is 137 cm³/mol. The van der Waals surface area contributed by atoms with Gasteiger partial charge in [-0.15, -0.1) is 0 Å². The van der Waals surface area contributed by atoms with Crippen molar-refractivity contribution in [3.05, 3.63) is 108 Å². The highest BCUT2D eigenvalue weighted by Gasteiger charge is 2.17. The average molecular weight is 453 g/mol. The molecule has 4 heteroatoms. The van der Waals surface area contributed by atoms with Gasteiger partial charge in [-0.05, 0) is 47.4 Å². The van der Waals surface area contributed by atoms with Crippen LogP contribution in [0.2, 0.25) is 0 Å². The van der Waals surface area contributed by atoms with Crippen LogP contribution in [-0.4, -0.2) is 22.7 Å². The number of fused-ring (bicyclic) bond motifs is 1. The molecular weight excluding hydrogens is 420 g/mol. The summed E-state index contributed by atoms with van der Waals surface area (Å²) in [5.41, 5.74) is 6.45. The van der Waals surface area contributed by atoms with Crippen LogP contribution in [0, 0.1) is 0 Å². The van der Waals surface area contributed by atoms with Crippen molar-refractivity contribution >= 4 is 0 Å². The third-order valence-corrected chi connectivity index (χ3v) is 6.24. The molecule has 0 saturated heterocycles. The van der Waals surface area contributed by atoms with Crippen LogP contribution >= 0.6 is 0 Å². The van der Waals surface area contributed by atoms with Crippen molar-refractivity contribution in [1.29, 1.82) is 0 Å². The van der Waals surface area contributed by atoms with Crippen LogP contribution in [0.15, 0.2) is 91.0 Å². The number of hydrogen-bond donors (Lipinski definition) is 0. The molecular formula is C30H32N2O2. The quantitative estimate of drug-likeness (QED) is 0.288. The van der Waals surface area contributed by atoms with Crippen LogP contribution in [0.5, 0.6) is 11.5 Å². The van der Waals surface area contributed by atoms with E-state index in [2.05, 4.69) is 101 Å². The van der Waals surface area contributed by atoms with Gasteiger partial charge in [0.1, 0.15) is 13.2 Å². The van der Waals surface area contributed by atoms with Crippen LogP contribution in [0.3, 0.4) is 0 Å². The molecule has 0 spiro atoms. The van der Waals surface area contributed by atoms with E-state index in [0.29, 0.717) is 13.2 Å². The summed E-state index contributed by atoms with van der Waals surface area (Å²) < 4.78 is 14.0. The molecule has 0 N–H and O–H groups in total. The Morgan fingerprint density at radius 2 is 1.41 bits per heavy atom. The lowest BCUT2D eigenvalue weighted by Crippen LogP contribution is -2.24. The minimum absolute atomic E-state index is 0.608. The summed E-state index contributed by atoms with van der Waals surface area (Å²) in [6, 6.07) is 32.3. The smallest absolute Gasteiger partial charge is 0.161 e. The standard InChI is InChI=1S/C30H32N2O2/c1-2-17-32-27(14-15-28(32)26-11-7-4-8-12-26)23-31(21-24-9-5-3-6-10-24)22-25-13-16-29-30(20-25)34-19-18-33-29/h3-16,20H,2,17-19,21-23H2,1H3. The van der Waals surface area contributed by atoms with E-state index in [1.54, 1.807) is 0 Å². The fraction of sp³-hybridized carbons (Fsp3) is 0.267. The Labute approximate surface area is 202 Å². The molecule has 0 bridgehead atoms. The molecule has 4 aromatic rings. The van der Waals surface area contributed by atoms with Gasteiger partial charge in [0.05, 0.1) is 0 Å². The fourth-order valence-electron chi connectivity index (χ4n) is 4.68. The second kappa shape index (κ2) is 10.6. The lowest BCUT2D eigenvalue weighted by Gasteiger charge is -2.25. The van der Waals surface area contributed by atoms with E-state index in [1.807, 2.05) is 6.07 Å². The number of rotatable bonds is 9. The summed E-state index contributed by atoms with van der Waals surface area (Å²) in [6.07, 6.45) is 1.10. The van der Waals surface area contributed by atoms with Crippen LogP contribution in [0.25, 0.3) is 11.3 Å². The van der Waals surface area contributed by atoms with E-state index in [0.717, 1.165) is 44.1 Å². The highest BCUT2D eigenvalue weighted by Crippen LogP contribution is 2.32. The number of ether oxygens (including phenoxy) is 2. The van der Waals surface area contributed by atoms with Gasteiger partial charge in [-0.1, -0.05) is 73.7 Å². The normalized spacial score (nSPS) is 12.8. The Hall–Kier alpha value is -3.50. The third-order valence-electron chi connectivity index (χ3n) is 6.24. The first-order chi connectivity index (χ1) is 16.8. The molecule has 0 fully saturated rings. The molecule has 2 heterocycles. The van der Waals surface area contributed by atoms with Crippen molar-refractivity contribution in [3.63, 3.8) is 0 Å². The number of aromatic nitrogens is 1. The highest BCUT2D eigenvalue weighted by atomic mass is 16.6. The maximum Gasteiger partial charge on any atom is 0.161 e. The molecule has 174 valence electrons. The van der Waals surface area contributed by atoms with E-state index >= 15 is 0 Å². The topological polar surface area (TPSA) is 26.6 Å². The molecule has 0 saturated carbocycles. The Kier molecular flexibility index (Phi) is 6.97. The molecule has 0 amide bonds. The van der Waals surface area contributed by atoms with Crippen molar-refractivity contribution in [2.75, 3.05) is 13.2 Å². The summed E-state index contributed by atoms with van der Waals surface area (Å²) in [4.78, 5) is 2.51. The van der Waals surface area contributed by atoms with Crippen LogP contribution < -0.4 is 9.47 Å². The highest BCUT2D eigenvalue weighted by molar-refractivity contribution is 5.60. The molecule has 3 aromatic carbocycles. The molecule has 34 heavy (non-hydrogen) atoms. The molecule has 1 aliphatic rings. The zero-order chi connectivity index (χ0) is 23.2. The Morgan fingerprint density at radius 3 is 2.18 bits per heavy atom. The molecule has 5 rings (SSSR count). The number of hydrogen-bond acceptors (Lipinski definition) is 3. The summed E-state index contributed by atoms with van der Waals surface area (Å²) in [7, 11) is 0. The molecule has 1 aliphatic heterocycles. The van der Waals surface area contributed by atoms with Crippen LogP contribution in [0.1, 0.15) is 30.2 Å². The Morgan fingerprint density at radius 1 is 0.706 bits per heavy atom. The second-order valence-electron chi connectivity index (χ2n) is 8.84. The van der Waals surface area contributed by atoms with E-state index in [4.69, 9.17) is 9.47 Å². The lowest BCUT2D eigenvalue weighted by atomic mass is 10.1. The molecule has 0 aliphatic carbocycles. The fourth-order valence-corrected chi connectivity index (χ4v) is 4.68. The minimum atomic E-state index is 0.608. The third kappa shape index (κ3) is 5.18. The molecule has 1 aromatic heterocycles. The monoisotopic (exact) mass is 452 g/mol. The van der Waals surface area contributed by atoms with Crippen molar-refractivity contribution in [2.24, 2.45) is 0 Å². The summed E-state index contributed by atoms with van der Waals surface area (Å²) in [5, 5.41) is 0. The van der Waals surface area contributed by atoms with Gasteiger partial charge in [0.25, 0.3) is 0 Å². The largest absolute Gasteiger partial charge is 0.486 e. The van der Waals surface area contributed by atoms with E-state index in [1.165, 1.54) is 28.1 Å². The van der Waals surface area contributed by atoms with E-state index < -0.39 is 0 Å². The zero-order valence-corrected chi connectivity index (χ0v) is 19.8. The van der Waals surface area contributed by atoms with Crippen molar-refractivity contribution in [2.45, 2.75) is 39.5 Å². The summed E-state index contributed by atoms with van der Waals surface area (Å²) in [5.74, 6) is 1.69. The number of benzene rings is 3. The first-order valence-corrected chi connectivity index (χ1v) is 12.2. The van der Waals surface area contributed by atoms with E-state index in [-0.39, 0.29) is 0 Å². The SMILES string of the molecule is CCCn1c(CN(Cc2ccccc2)Cc2ccc3c(c2)OCCO3)ccc1-c1ccccc1. The first kappa shape index (κ1) is 22.3. The minimum Gasteiger partial charge on any atom is -0.486 e. The van der Waals surface area contributed by atoms with Crippen molar-refractivity contribution < 1.29 is 9.47 Å². The van der Waals surface area contributed by atoms with Crippen LogP contribution in [-0.2, 0) is 26.2 Å². The molecule has 4 nitrogen and oxygen atoms in total. The van der Waals surface area contributed by atoms with E-state index in [9.17, 15) is 0 Å². The molecule has 0 radical (unpaired) electrons. The van der Waals surface area contributed by atoms with Gasteiger partial charge in [-0.3, -0.25) is 4.90 Å². The summed E-state index contributed by atoms with van der Waals surface area (Å²) >= 11 is 0. The predicted octanol–water partition coefficient (Wildman–Crippen LogP) is 6.54. The lowest BCUT2D eigenvalue weighted by molar-refractivity contribution is 0.170. The maximum atomic E-state index is 5.84. The molecule has 0 atom stereocenters. The second-order valence-corrected chi connectivity index (χ2v) is 8.84. The number of nitrogens with zero attached hydrogens (tertiary/aromatic N) is 2. The van der Waals surface area contributed by atoms with Crippen LogP contribution in [0.4, 0.5) is 0 Å². The van der Waals surface area contributed by atoms with Crippen molar-refractivity contribution in [1.82, 2.24) is 9.47 Å². The Balaban J connectivity index is 1.43. The van der Waals surface area contributed by atoms with Gasteiger partial charge < -0.3 is 14.0 Å². The zero-order valence-electron chi connectivity index (χ0n) is 19.8. The maximum absolute atomic E-state index is 5.84. The average Bonchev–Trinajstić information content (AvgIpc) is 3.27. The van der Waals surface area contributed by atoms with Crippen molar-refractivity contribution in [3.8, 4) is 22.8 Å². The first-order valence-electron chi connectivity index (χ1n) is 12.2. The Bertz CT molecular complexity index is 1200. The van der Waals surface area contributed by atoms with Gasteiger partial charge in [-0.25, -0.2) is 0 Å². The van der Waals surface area contributed by atoms with Gasteiger partial charge >= 0.3 is 0 Å². The van der Waals surface area contributed by atoms with Gasteiger partial charge in [0.15, 0.2) is 11.5 Å². The van der Waals surface area contributed by atoms with Gasteiger partial charge in [-0.2, -0.15) is 0 Å². The summed E-state index contributed by atoms with van der Waals surface area (Å²) in [6.45, 7) is 7.07. The molecule has 0 unspecified atom stereocenters. The van der Waals surface area contributed by atoms with Gasteiger partial charge in [0.2, 0.25) is 0 Å². The van der Waals surface area contributed by atoms with Gasteiger partial charge in [0, 0.05) is 37.6 Å².